The SMILES string of the molecule is CC=Cc1cc(N)on1. The molecule has 0 amide bonds. The highest BCUT2D eigenvalue weighted by molar-refractivity contribution is 5.46. The molecule has 0 bridgehead atoms. The van der Waals surface area contributed by atoms with Crippen LogP contribution in [0, 0.1) is 0 Å². The summed E-state index contributed by atoms with van der Waals surface area (Å²) in [6, 6.07) is 1.67. The zero-order valence-corrected chi connectivity index (χ0v) is 5.16. The van der Waals surface area contributed by atoms with Gasteiger partial charge >= 0.3 is 0 Å². The van der Waals surface area contributed by atoms with Gasteiger partial charge in [0.05, 0.1) is 0 Å². The van der Waals surface area contributed by atoms with Gasteiger partial charge in [0, 0.05) is 6.07 Å². The molecular formula is C6H8N2O. The van der Waals surface area contributed by atoms with Crippen LogP contribution in [0.3, 0.4) is 0 Å². The molecule has 0 unspecified atom stereocenters. The van der Waals surface area contributed by atoms with Gasteiger partial charge in [0.1, 0.15) is 5.69 Å². The second kappa shape index (κ2) is 2.35. The smallest absolute Gasteiger partial charge is 0.222 e. The Labute approximate surface area is 53.1 Å². The minimum Gasteiger partial charge on any atom is -0.368 e. The first-order valence-corrected chi connectivity index (χ1v) is 2.68. The van der Waals surface area contributed by atoms with E-state index in [1.807, 2.05) is 19.1 Å². The van der Waals surface area contributed by atoms with Gasteiger partial charge in [0.25, 0.3) is 0 Å². The molecule has 0 atom stereocenters. The Morgan fingerprint density at radius 3 is 3.00 bits per heavy atom. The molecule has 1 heterocycles. The third kappa shape index (κ3) is 1.32. The van der Waals surface area contributed by atoms with Crippen molar-refractivity contribution in [2.24, 2.45) is 0 Å². The van der Waals surface area contributed by atoms with E-state index in [0.29, 0.717) is 5.88 Å². The maximum Gasteiger partial charge on any atom is 0.222 e. The first-order valence-electron chi connectivity index (χ1n) is 2.68. The van der Waals surface area contributed by atoms with Crippen LogP contribution in [0.4, 0.5) is 5.88 Å². The van der Waals surface area contributed by atoms with Gasteiger partial charge in [-0.15, -0.1) is 0 Å². The third-order valence-corrected chi connectivity index (χ3v) is 0.884. The molecule has 0 saturated heterocycles. The van der Waals surface area contributed by atoms with Crippen molar-refractivity contribution in [2.75, 3.05) is 5.73 Å². The number of nitrogens with zero attached hydrogens (tertiary/aromatic N) is 1. The van der Waals surface area contributed by atoms with E-state index in [9.17, 15) is 0 Å². The van der Waals surface area contributed by atoms with E-state index in [4.69, 9.17) is 5.73 Å². The van der Waals surface area contributed by atoms with Gasteiger partial charge in [-0.1, -0.05) is 11.2 Å². The molecule has 0 aliphatic heterocycles. The van der Waals surface area contributed by atoms with Crippen molar-refractivity contribution < 1.29 is 4.52 Å². The third-order valence-electron chi connectivity index (χ3n) is 0.884. The zero-order valence-electron chi connectivity index (χ0n) is 5.16. The summed E-state index contributed by atoms with van der Waals surface area (Å²) in [7, 11) is 0. The fourth-order valence-corrected chi connectivity index (χ4v) is 0.553. The van der Waals surface area contributed by atoms with Gasteiger partial charge < -0.3 is 10.3 Å². The first kappa shape index (κ1) is 5.88. The molecule has 2 N–H and O–H groups in total. The molecule has 48 valence electrons. The highest BCUT2D eigenvalue weighted by atomic mass is 16.5. The van der Waals surface area contributed by atoms with Crippen molar-refractivity contribution in [1.29, 1.82) is 0 Å². The van der Waals surface area contributed by atoms with Crippen LogP contribution in [0.1, 0.15) is 12.6 Å². The van der Waals surface area contributed by atoms with Crippen molar-refractivity contribution >= 4 is 12.0 Å². The number of nitrogens with two attached hydrogens (primary N) is 1. The molecule has 1 rings (SSSR count). The molecule has 1 aromatic heterocycles. The number of hydrogen-bond acceptors (Lipinski definition) is 3. The van der Waals surface area contributed by atoms with Gasteiger partial charge in [-0.25, -0.2) is 0 Å². The molecule has 0 aromatic carbocycles. The molecule has 0 aliphatic carbocycles. The van der Waals surface area contributed by atoms with Crippen molar-refractivity contribution in [3.63, 3.8) is 0 Å². The Balaban J connectivity index is 2.85. The monoisotopic (exact) mass is 124 g/mol. The van der Waals surface area contributed by atoms with E-state index < -0.39 is 0 Å². The van der Waals surface area contributed by atoms with E-state index >= 15 is 0 Å². The Bertz CT molecular complexity index is 215. The maximum absolute atomic E-state index is 5.25. The van der Waals surface area contributed by atoms with Crippen LogP contribution < -0.4 is 5.73 Å². The molecule has 0 fully saturated rings. The summed E-state index contributed by atoms with van der Waals surface area (Å²) in [5.41, 5.74) is 6.01. The van der Waals surface area contributed by atoms with Crippen LogP contribution in [0.15, 0.2) is 16.7 Å². The maximum atomic E-state index is 5.25. The quantitative estimate of drug-likeness (QED) is 0.613. The van der Waals surface area contributed by atoms with Crippen LogP contribution in [-0.4, -0.2) is 5.16 Å². The second-order valence-electron chi connectivity index (χ2n) is 1.65. The molecule has 9 heavy (non-hydrogen) atoms. The molecule has 0 spiro atoms. The summed E-state index contributed by atoms with van der Waals surface area (Å²) in [4.78, 5) is 0. The second-order valence-corrected chi connectivity index (χ2v) is 1.65. The van der Waals surface area contributed by atoms with Gasteiger partial charge in [0.15, 0.2) is 0 Å². The Morgan fingerprint density at radius 2 is 2.56 bits per heavy atom. The molecule has 0 saturated carbocycles. The van der Waals surface area contributed by atoms with E-state index in [-0.39, 0.29) is 0 Å². The molecule has 3 heteroatoms. The van der Waals surface area contributed by atoms with Gasteiger partial charge in [-0.05, 0) is 13.0 Å². The summed E-state index contributed by atoms with van der Waals surface area (Å²) in [5.74, 6) is 0.350. The van der Waals surface area contributed by atoms with Crippen LogP contribution in [0.2, 0.25) is 0 Å². The highest BCUT2D eigenvalue weighted by Crippen LogP contribution is 2.05. The number of allylic oxidation sites excluding steroid dienone is 1. The number of aromatic nitrogens is 1. The lowest BCUT2D eigenvalue weighted by atomic mass is 10.4. The Kier molecular flexibility index (Phi) is 1.53. The predicted octanol–water partition coefficient (Wildman–Crippen LogP) is 1.29. The summed E-state index contributed by atoms with van der Waals surface area (Å²) in [6.45, 7) is 1.91. The number of nitrogen functional groups attached to an aromatic ring is 1. The van der Waals surface area contributed by atoms with Crippen molar-refractivity contribution in [1.82, 2.24) is 5.16 Å². The lowest BCUT2D eigenvalue weighted by Crippen LogP contribution is -1.75. The van der Waals surface area contributed by atoms with E-state index in [2.05, 4.69) is 9.68 Å². The standard InChI is InChI=1S/C6H8N2O/c1-2-3-5-4-6(7)9-8-5/h2-4H,7H2,1H3. The lowest BCUT2D eigenvalue weighted by Gasteiger charge is -1.71. The number of rotatable bonds is 1. The average Bonchev–Trinajstić information content (AvgIpc) is 2.17. The van der Waals surface area contributed by atoms with Gasteiger partial charge in [-0.2, -0.15) is 0 Å². The van der Waals surface area contributed by atoms with Crippen LogP contribution in [-0.2, 0) is 0 Å². The summed E-state index contributed by atoms with van der Waals surface area (Å²) in [5, 5.41) is 3.62. The lowest BCUT2D eigenvalue weighted by molar-refractivity contribution is 0.435. The van der Waals surface area contributed by atoms with Gasteiger partial charge in [-0.3, -0.25) is 0 Å². The van der Waals surface area contributed by atoms with Crippen molar-refractivity contribution in [3.05, 3.63) is 17.8 Å². The fourth-order valence-electron chi connectivity index (χ4n) is 0.553. The predicted molar refractivity (Wildman–Crippen MR) is 35.6 cm³/mol. The topological polar surface area (TPSA) is 52.0 Å². The van der Waals surface area contributed by atoms with Gasteiger partial charge in [0.2, 0.25) is 5.88 Å². The molecule has 0 radical (unpaired) electrons. The minimum absolute atomic E-state index is 0.350. The van der Waals surface area contributed by atoms with E-state index in [0.717, 1.165) is 5.69 Å². The molecular weight excluding hydrogens is 116 g/mol. The minimum atomic E-state index is 0.350. The van der Waals surface area contributed by atoms with Crippen molar-refractivity contribution in [3.8, 4) is 0 Å². The normalized spacial score (nSPS) is 10.8. The van der Waals surface area contributed by atoms with E-state index in [1.165, 1.54) is 0 Å². The molecule has 0 aliphatic rings. The summed E-state index contributed by atoms with van der Waals surface area (Å²) < 4.78 is 4.59. The van der Waals surface area contributed by atoms with Crippen LogP contribution in [0.5, 0.6) is 0 Å². The zero-order chi connectivity index (χ0) is 6.69. The Hall–Kier alpha value is -1.25. The number of hydrogen-bond donors (Lipinski definition) is 1. The Morgan fingerprint density at radius 1 is 1.78 bits per heavy atom. The average molecular weight is 124 g/mol. The summed E-state index contributed by atoms with van der Waals surface area (Å²) >= 11 is 0. The summed E-state index contributed by atoms with van der Waals surface area (Å²) in [6.07, 6.45) is 3.69. The molecule has 1 aromatic rings. The first-order chi connectivity index (χ1) is 4.33. The largest absolute Gasteiger partial charge is 0.368 e. The van der Waals surface area contributed by atoms with Crippen molar-refractivity contribution in [2.45, 2.75) is 6.92 Å². The molecule has 3 nitrogen and oxygen atoms in total. The fraction of sp³-hybridized carbons (Fsp3) is 0.167. The number of anilines is 1. The van der Waals surface area contributed by atoms with Crippen LogP contribution >= 0.6 is 0 Å². The van der Waals surface area contributed by atoms with E-state index in [1.54, 1.807) is 6.07 Å². The highest BCUT2D eigenvalue weighted by Gasteiger charge is 1.92. The van der Waals surface area contributed by atoms with Crippen LogP contribution in [0.25, 0.3) is 6.08 Å².